The molecule has 0 aromatic heterocycles. The molecule has 3 N–H and O–H groups in total. The molecule has 6 nitrogen and oxygen atoms in total. The Morgan fingerprint density at radius 2 is 2.00 bits per heavy atom. The summed E-state index contributed by atoms with van der Waals surface area (Å²) in [6.45, 7) is 6.61. The molecule has 0 fully saturated rings. The van der Waals surface area contributed by atoms with Crippen LogP contribution in [-0.4, -0.2) is 34.8 Å². The Morgan fingerprint density at radius 3 is 2.52 bits per heavy atom. The lowest BCUT2D eigenvalue weighted by atomic mass is 10.1. The number of rotatable bonds is 8. The molecule has 0 aliphatic carbocycles. The molecule has 1 atom stereocenters. The van der Waals surface area contributed by atoms with Crippen LogP contribution in [0.25, 0.3) is 0 Å². The zero-order valence-electron chi connectivity index (χ0n) is 12.9. The first kappa shape index (κ1) is 17.7. The molecule has 21 heavy (non-hydrogen) atoms. The molecule has 0 saturated heterocycles. The summed E-state index contributed by atoms with van der Waals surface area (Å²) < 4.78 is 38.1. The normalized spacial score (nSPS) is 13.4. The SMILES string of the molecule is CCOCC(NS(=O)(=O)c1ccc(N)cc1OC)C(C)C. The molecule has 0 amide bonds. The maximum atomic E-state index is 12.5. The molecule has 1 aromatic carbocycles. The van der Waals surface area contributed by atoms with Crippen LogP contribution in [-0.2, 0) is 14.8 Å². The van der Waals surface area contributed by atoms with Gasteiger partial charge in [0.15, 0.2) is 0 Å². The first-order valence-electron chi connectivity index (χ1n) is 6.85. The number of nitrogens with two attached hydrogens (primary N) is 1. The highest BCUT2D eigenvalue weighted by atomic mass is 32.2. The van der Waals surface area contributed by atoms with Crippen LogP contribution in [0.3, 0.4) is 0 Å². The summed E-state index contributed by atoms with van der Waals surface area (Å²) >= 11 is 0. The first-order chi connectivity index (χ1) is 9.81. The van der Waals surface area contributed by atoms with E-state index in [0.29, 0.717) is 18.9 Å². The van der Waals surface area contributed by atoms with Gasteiger partial charge in [0.05, 0.1) is 13.7 Å². The number of anilines is 1. The van der Waals surface area contributed by atoms with Crippen LogP contribution in [0.4, 0.5) is 5.69 Å². The Balaban J connectivity index is 3.04. The molecular formula is C14H24N2O4S. The molecule has 0 spiro atoms. The highest BCUT2D eigenvalue weighted by Crippen LogP contribution is 2.26. The highest BCUT2D eigenvalue weighted by Gasteiger charge is 2.25. The number of nitrogens with one attached hydrogen (secondary N) is 1. The smallest absolute Gasteiger partial charge is 0.244 e. The van der Waals surface area contributed by atoms with Gasteiger partial charge in [0.2, 0.25) is 10.0 Å². The van der Waals surface area contributed by atoms with Gasteiger partial charge in [-0.1, -0.05) is 13.8 Å². The van der Waals surface area contributed by atoms with Crippen LogP contribution >= 0.6 is 0 Å². The van der Waals surface area contributed by atoms with Crippen molar-refractivity contribution in [2.75, 3.05) is 26.1 Å². The number of benzene rings is 1. The summed E-state index contributed by atoms with van der Waals surface area (Å²) in [6, 6.07) is 4.15. The second-order valence-electron chi connectivity index (χ2n) is 5.04. The van der Waals surface area contributed by atoms with E-state index in [2.05, 4.69) is 4.72 Å². The van der Waals surface area contributed by atoms with E-state index in [1.807, 2.05) is 20.8 Å². The van der Waals surface area contributed by atoms with Gasteiger partial charge in [0.25, 0.3) is 0 Å². The Labute approximate surface area is 126 Å². The van der Waals surface area contributed by atoms with Gasteiger partial charge in [-0.25, -0.2) is 13.1 Å². The van der Waals surface area contributed by atoms with Gasteiger partial charge >= 0.3 is 0 Å². The Morgan fingerprint density at radius 1 is 1.33 bits per heavy atom. The number of sulfonamides is 1. The second-order valence-corrected chi connectivity index (χ2v) is 6.72. The van der Waals surface area contributed by atoms with Crippen molar-refractivity contribution in [3.8, 4) is 5.75 Å². The zero-order chi connectivity index (χ0) is 16.0. The summed E-state index contributed by atoms with van der Waals surface area (Å²) in [6.07, 6.45) is 0. The summed E-state index contributed by atoms with van der Waals surface area (Å²) in [4.78, 5) is 0.0707. The molecule has 0 saturated carbocycles. The number of nitrogen functional groups attached to an aromatic ring is 1. The van der Waals surface area contributed by atoms with E-state index >= 15 is 0 Å². The Kier molecular flexibility index (Phi) is 6.44. The second kappa shape index (κ2) is 7.63. The molecule has 7 heteroatoms. The number of ether oxygens (including phenoxy) is 2. The number of hydrogen-bond donors (Lipinski definition) is 2. The third-order valence-corrected chi connectivity index (χ3v) is 4.62. The van der Waals surface area contributed by atoms with Crippen molar-refractivity contribution in [3.05, 3.63) is 18.2 Å². The lowest BCUT2D eigenvalue weighted by Crippen LogP contribution is -2.41. The third-order valence-electron chi connectivity index (χ3n) is 3.09. The maximum Gasteiger partial charge on any atom is 0.244 e. The monoisotopic (exact) mass is 316 g/mol. The van der Waals surface area contributed by atoms with Crippen molar-refractivity contribution in [3.63, 3.8) is 0 Å². The number of methoxy groups -OCH3 is 1. The molecular weight excluding hydrogens is 292 g/mol. The zero-order valence-corrected chi connectivity index (χ0v) is 13.7. The molecule has 1 rings (SSSR count). The van der Waals surface area contributed by atoms with Gasteiger partial charge in [0, 0.05) is 24.4 Å². The minimum absolute atomic E-state index is 0.0707. The van der Waals surface area contributed by atoms with E-state index in [9.17, 15) is 8.42 Å². The van der Waals surface area contributed by atoms with Crippen molar-refractivity contribution >= 4 is 15.7 Å². The Bertz CT molecular complexity index is 558. The van der Waals surface area contributed by atoms with Crippen LogP contribution in [0.15, 0.2) is 23.1 Å². The molecule has 0 aliphatic rings. The minimum atomic E-state index is -3.71. The van der Waals surface area contributed by atoms with Crippen molar-refractivity contribution in [2.24, 2.45) is 5.92 Å². The van der Waals surface area contributed by atoms with Crippen LogP contribution in [0.2, 0.25) is 0 Å². The standard InChI is InChI=1S/C14H24N2O4S/c1-5-20-9-12(10(2)3)16-21(17,18)14-7-6-11(15)8-13(14)19-4/h6-8,10,12,16H,5,9,15H2,1-4H3. The summed E-state index contributed by atoms with van der Waals surface area (Å²) in [5.74, 6) is 0.326. The van der Waals surface area contributed by atoms with Crippen molar-refractivity contribution in [1.29, 1.82) is 0 Å². The van der Waals surface area contributed by atoms with Gasteiger partial charge in [-0.15, -0.1) is 0 Å². The van der Waals surface area contributed by atoms with Crippen LogP contribution in [0.5, 0.6) is 5.75 Å². The fourth-order valence-corrected chi connectivity index (χ4v) is 3.30. The van der Waals surface area contributed by atoms with E-state index in [4.69, 9.17) is 15.2 Å². The van der Waals surface area contributed by atoms with Gasteiger partial charge in [-0.3, -0.25) is 0 Å². The fourth-order valence-electron chi connectivity index (χ4n) is 1.78. The minimum Gasteiger partial charge on any atom is -0.495 e. The summed E-state index contributed by atoms with van der Waals surface area (Å²) in [5.41, 5.74) is 6.09. The Hall–Kier alpha value is -1.31. The number of hydrogen-bond acceptors (Lipinski definition) is 5. The molecule has 0 radical (unpaired) electrons. The van der Waals surface area contributed by atoms with Gasteiger partial charge < -0.3 is 15.2 Å². The predicted molar refractivity (Wildman–Crippen MR) is 82.8 cm³/mol. The van der Waals surface area contributed by atoms with Gasteiger partial charge in [-0.2, -0.15) is 0 Å². The van der Waals surface area contributed by atoms with E-state index in [-0.39, 0.29) is 22.6 Å². The van der Waals surface area contributed by atoms with Crippen molar-refractivity contribution in [2.45, 2.75) is 31.7 Å². The quantitative estimate of drug-likeness (QED) is 0.711. The average Bonchev–Trinajstić information content (AvgIpc) is 2.42. The van der Waals surface area contributed by atoms with Gasteiger partial charge in [-0.05, 0) is 25.0 Å². The van der Waals surface area contributed by atoms with Crippen molar-refractivity contribution in [1.82, 2.24) is 4.72 Å². The lowest BCUT2D eigenvalue weighted by Gasteiger charge is -2.22. The maximum absolute atomic E-state index is 12.5. The third kappa shape index (κ3) is 4.87. The molecule has 0 bridgehead atoms. The fraction of sp³-hybridized carbons (Fsp3) is 0.571. The molecule has 1 unspecified atom stereocenters. The topological polar surface area (TPSA) is 90.7 Å². The average molecular weight is 316 g/mol. The molecule has 0 heterocycles. The molecule has 1 aromatic rings. The molecule has 120 valence electrons. The molecule has 0 aliphatic heterocycles. The lowest BCUT2D eigenvalue weighted by molar-refractivity contribution is 0.116. The van der Waals surface area contributed by atoms with Crippen LogP contribution in [0, 0.1) is 5.92 Å². The van der Waals surface area contributed by atoms with E-state index in [1.165, 1.54) is 25.3 Å². The van der Waals surface area contributed by atoms with Crippen LogP contribution in [0.1, 0.15) is 20.8 Å². The van der Waals surface area contributed by atoms with E-state index in [0.717, 1.165) is 0 Å². The summed E-state index contributed by atoms with van der Waals surface area (Å²) in [7, 11) is -2.29. The largest absolute Gasteiger partial charge is 0.495 e. The van der Waals surface area contributed by atoms with E-state index < -0.39 is 10.0 Å². The van der Waals surface area contributed by atoms with Crippen molar-refractivity contribution < 1.29 is 17.9 Å². The van der Waals surface area contributed by atoms with E-state index in [1.54, 1.807) is 0 Å². The highest BCUT2D eigenvalue weighted by molar-refractivity contribution is 7.89. The summed E-state index contributed by atoms with van der Waals surface area (Å²) in [5, 5.41) is 0. The van der Waals surface area contributed by atoms with Crippen LogP contribution < -0.4 is 15.2 Å². The first-order valence-corrected chi connectivity index (χ1v) is 8.33. The predicted octanol–water partition coefficient (Wildman–Crippen LogP) is 1.62. The van der Waals surface area contributed by atoms with Gasteiger partial charge in [0.1, 0.15) is 10.6 Å².